The average Bonchev–Trinajstić information content (AvgIpc) is 2.69. The number of rotatable bonds is 8. The van der Waals surface area contributed by atoms with Crippen molar-refractivity contribution in [3.05, 3.63) is 29.8 Å². The Morgan fingerprint density at radius 1 is 1.11 bits per heavy atom. The molecule has 1 saturated heterocycles. The van der Waals surface area contributed by atoms with Crippen LogP contribution in [0.5, 0.6) is 5.75 Å². The van der Waals surface area contributed by atoms with Crippen molar-refractivity contribution in [1.29, 1.82) is 0 Å². The van der Waals surface area contributed by atoms with Gasteiger partial charge < -0.3 is 19.9 Å². The molecular formula is C21H33N3O3. The zero-order chi connectivity index (χ0) is 19.6. The van der Waals surface area contributed by atoms with Crippen LogP contribution in [0.3, 0.4) is 0 Å². The van der Waals surface area contributed by atoms with Crippen molar-refractivity contribution in [1.82, 2.24) is 15.1 Å². The van der Waals surface area contributed by atoms with Gasteiger partial charge in [0.25, 0.3) is 5.91 Å². The molecule has 27 heavy (non-hydrogen) atoms. The molecule has 0 saturated carbocycles. The van der Waals surface area contributed by atoms with E-state index in [0.29, 0.717) is 18.8 Å². The Hall–Kier alpha value is -2.24. The van der Waals surface area contributed by atoms with Crippen LogP contribution in [0.25, 0.3) is 0 Å². The number of piperidine rings is 1. The summed E-state index contributed by atoms with van der Waals surface area (Å²) in [4.78, 5) is 28.2. The number of amides is 3. The van der Waals surface area contributed by atoms with Crippen molar-refractivity contribution in [3.8, 4) is 5.75 Å². The van der Waals surface area contributed by atoms with Gasteiger partial charge in [0.05, 0.1) is 0 Å². The molecule has 0 radical (unpaired) electrons. The van der Waals surface area contributed by atoms with Gasteiger partial charge >= 0.3 is 6.03 Å². The van der Waals surface area contributed by atoms with Crippen molar-refractivity contribution in [3.63, 3.8) is 0 Å². The number of likely N-dealkylation sites (tertiary alicyclic amines) is 1. The summed E-state index contributed by atoms with van der Waals surface area (Å²) in [5.41, 5.74) is 1.28. The predicted octanol–water partition coefficient (Wildman–Crippen LogP) is 3.06. The highest BCUT2D eigenvalue weighted by Gasteiger charge is 2.25. The zero-order valence-corrected chi connectivity index (χ0v) is 16.9. The fourth-order valence-corrected chi connectivity index (χ4v) is 3.37. The van der Waals surface area contributed by atoms with Gasteiger partial charge in [0.2, 0.25) is 0 Å². The lowest BCUT2D eigenvalue weighted by Crippen LogP contribution is -2.51. The van der Waals surface area contributed by atoms with Crippen LogP contribution in [-0.2, 0) is 11.2 Å². The maximum Gasteiger partial charge on any atom is 0.319 e. The van der Waals surface area contributed by atoms with E-state index in [1.54, 1.807) is 0 Å². The van der Waals surface area contributed by atoms with Crippen molar-refractivity contribution >= 4 is 11.9 Å². The predicted molar refractivity (Wildman–Crippen MR) is 107 cm³/mol. The summed E-state index contributed by atoms with van der Waals surface area (Å²) in [5, 5.41) is 3.02. The number of nitrogens with zero attached hydrogens (tertiary/aromatic N) is 2. The molecule has 1 aromatic carbocycles. The molecule has 0 aliphatic carbocycles. The molecule has 6 heteroatoms. The summed E-state index contributed by atoms with van der Waals surface area (Å²) < 4.78 is 5.58. The van der Waals surface area contributed by atoms with E-state index in [4.69, 9.17) is 4.74 Å². The van der Waals surface area contributed by atoms with Crippen molar-refractivity contribution in [2.45, 2.75) is 52.5 Å². The zero-order valence-electron chi connectivity index (χ0n) is 16.9. The second-order valence-electron chi connectivity index (χ2n) is 6.97. The van der Waals surface area contributed by atoms with Gasteiger partial charge in [-0.2, -0.15) is 0 Å². The average molecular weight is 376 g/mol. The minimum absolute atomic E-state index is 0.0196. The van der Waals surface area contributed by atoms with Crippen LogP contribution in [0.2, 0.25) is 0 Å². The van der Waals surface area contributed by atoms with Gasteiger partial charge in [0.1, 0.15) is 5.75 Å². The SMILES string of the molecule is CCCc1ccc(OCC(=O)NC2CCN(C(=O)N(CC)CC)CC2)cc1. The molecule has 6 nitrogen and oxygen atoms in total. The van der Waals surface area contributed by atoms with E-state index in [1.807, 2.05) is 47.9 Å². The summed E-state index contributed by atoms with van der Waals surface area (Å²) in [6.45, 7) is 8.97. The molecule has 0 bridgehead atoms. The Morgan fingerprint density at radius 2 is 1.74 bits per heavy atom. The molecule has 0 unspecified atom stereocenters. The molecular weight excluding hydrogens is 342 g/mol. The third kappa shape index (κ3) is 6.45. The standard InChI is InChI=1S/C21H33N3O3/c1-4-7-17-8-10-19(11-9-17)27-16-20(25)22-18-12-14-24(15-13-18)21(26)23(5-2)6-3/h8-11,18H,4-7,12-16H2,1-3H3,(H,22,25). The van der Waals surface area contributed by atoms with Crippen LogP contribution in [0.4, 0.5) is 4.79 Å². The third-order valence-electron chi connectivity index (χ3n) is 5.00. The normalized spacial score (nSPS) is 14.7. The summed E-state index contributed by atoms with van der Waals surface area (Å²) in [6.07, 6.45) is 3.73. The molecule has 1 heterocycles. The lowest BCUT2D eigenvalue weighted by atomic mass is 10.1. The minimum Gasteiger partial charge on any atom is -0.484 e. The summed E-state index contributed by atoms with van der Waals surface area (Å²) >= 11 is 0. The molecule has 0 spiro atoms. The molecule has 1 aromatic rings. The molecule has 1 fully saturated rings. The Bertz CT molecular complexity index is 591. The first kappa shape index (κ1) is 21.1. The first-order valence-corrected chi connectivity index (χ1v) is 10.1. The van der Waals surface area contributed by atoms with E-state index in [2.05, 4.69) is 12.2 Å². The van der Waals surface area contributed by atoms with Crippen LogP contribution < -0.4 is 10.1 Å². The van der Waals surface area contributed by atoms with Crippen LogP contribution in [0.1, 0.15) is 45.6 Å². The van der Waals surface area contributed by atoms with Gasteiger partial charge in [-0.25, -0.2) is 4.79 Å². The Balaban J connectivity index is 1.70. The lowest BCUT2D eigenvalue weighted by molar-refractivity contribution is -0.124. The highest BCUT2D eigenvalue weighted by atomic mass is 16.5. The second-order valence-corrected chi connectivity index (χ2v) is 6.97. The number of ether oxygens (including phenoxy) is 1. The van der Waals surface area contributed by atoms with Gasteiger partial charge in [0.15, 0.2) is 6.61 Å². The molecule has 150 valence electrons. The number of benzene rings is 1. The second kappa shape index (κ2) is 10.8. The quantitative estimate of drug-likeness (QED) is 0.760. The Kier molecular flexibility index (Phi) is 8.43. The lowest BCUT2D eigenvalue weighted by Gasteiger charge is -2.35. The number of hydrogen-bond donors (Lipinski definition) is 1. The molecule has 1 aliphatic rings. The summed E-state index contributed by atoms with van der Waals surface area (Å²) in [5.74, 6) is 0.603. The molecule has 2 rings (SSSR count). The van der Waals surface area contributed by atoms with E-state index in [1.165, 1.54) is 5.56 Å². The first-order chi connectivity index (χ1) is 13.1. The Morgan fingerprint density at radius 3 is 2.30 bits per heavy atom. The van der Waals surface area contributed by atoms with E-state index < -0.39 is 0 Å². The number of carbonyl (C=O) groups is 2. The van der Waals surface area contributed by atoms with Crippen LogP contribution in [0, 0.1) is 0 Å². The molecule has 0 atom stereocenters. The summed E-state index contributed by atoms with van der Waals surface area (Å²) in [6, 6.07) is 8.11. The van der Waals surface area contributed by atoms with Crippen LogP contribution >= 0.6 is 0 Å². The topological polar surface area (TPSA) is 61.9 Å². The number of aryl methyl sites for hydroxylation is 1. The molecule has 1 aliphatic heterocycles. The van der Waals surface area contributed by atoms with E-state index in [0.717, 1.165) is 38.8 Å². The van der Waals surface area contributed by atoms with Crippen LogP contribution in [-0.4, -0.2) is 60.6 Å². The number of nitrogens with one attached hydrogen (secondary N) is 1. The van der Waals surface area contributed by atoms with Gasteiger partial charge in [-0.3, -0.25) is 4.79 Å². The largest absolute Gasteiger partial charge is 0.484 e. The van der Waals surface area contributed by atoms with Gasteiger partial charge in [-0.1, -0.05) is 25.5 Å². The van der Waals surface area contributed by atoms with E-state index in [-0.39, 0.29) is 24.6 Å². The number of carbonyl (C=O) groups excluding carboxylic acids is 2. The van der Waals surface area contributed by atoms with Gasteiger partial charge in [0, 0.05) is 32.2 Å². The highest BCUT2D eigenvalue weighted by Crippen LogP contribution is 2.14. The minimum atomic E-state index is -0.110. The maximum absolute atomic E-state index is 12.4. The summed E-state index contributed by atoms with van der Waals surface area (Å²) in [7, 11) is 0. The van der Waals surface area contributed by atoms with E-state index in [9.17, 15) is 9.59 Å². The first-order valence-electron chi connectivity index (χ1n) is 10.1. The molecule has 0 aromatic heterocycles. The molecule has 3 amide bonds. The van der Waals surface area contributed by atoms with Crippen molar-refractivity contribution in [2.24, 2.45) is 0 Å². The van der Waals surface area contributed by atoms with E-state index >= 15 is 0 Å². The van der Waals surface area contributed by atoms with Gasteiger partial charge in [-0.05, 0) is 50.8 Å². The Labute approximate surface area is 162 Å². The monoisotopic (exact) mass is 375 g/mol. The van der Waals surface area contributed by atoms with Crippen molar-refractivity contribution < 1.29 is 14.3 Å². The fraction of sp³-hybridized carbons (Fsp3) is 0.619. The fourth-order valence-electron chi connectivity index (χ4n) is 3.37. The smallest absolute Gasteiger partial charge is 0.319 e. The number of urea groups is 1. The van der Waals surface area contributed by atoms with Gasteiger partial charge in [-0.15, -0.1) is 0 Å². The molecule has 1 N–H and O–H groups in total. The third-order valence-corrected chi connectivity index (χ3v) is 5.00. The highest BCUT2D eigenvalue weighted by molar-refractivity contribution is 5.78. The maximum atomic E-state index is 12.4. The van der Waals surface area contributed by atoms with Crippen LogP contribution in [0.15, 0.2) is 24.3 Å². The number of hydrogen-bond acceptors (Lipinski definition) is 3. The van der Waals surface area contributed by atoms with Crippen molar-refractivity contribution in [2.75, 3.05) is 32.8 Å².